The normalized spacial score (nSPS) is 15.7. The van der Waals surface area contributed by atoms with Crippen molar-refractivity contribution < 1.29 is 22.5 Å². The highest BCUT2D eigenvalue weighted by molar-refractivity contribution is 6.79. The Morgan fingerprint density at radius 2 is 0.787 bits per heavy atom. The Kier molecular flexibility index (Phi) is 36.6. The molecule has 0 aromatic heterocycles. The molecule has 0 saturated heterocycles. The molecular weight excluding hydrogens is 761 g/mol. The van der Waals surface area contributed by atoms with E-state index in [1.807, 2.05) is 6.92 Å². The van der Waals surface area contributed by atoms with Gasteiger partial charge in [-0.25, -0.2) is 8.78 Å². The Labute approximate surface area is 379 Å². The maximum absolute atomic E-state index is 14.5. The van der Waals surface area contributed by atoms with Crippen LogP contribution in [0.5, 0.6) is 0 Å². The molecule has 0 bridgehead atoms. The van der Waals surface area contributed by atoms with E-state index in [9.17, 15) is 17.6 Å². The smallest absolute Gasteiger partial charge is 0.225 e. The maximum Gasteiger partial charge on any atom is 0.225 e. The van der Waals surface area contributed by atoms with Crippen LogP contribution in [0.25, 0.3) is 0 Å². The first-order chi connectivity index (χ1) is 29.3. The fraction of sp³-hybridized carbons (Fsp3) is 0.891. The third-order valence-electron chi connectivity index (χ3n) is 15.5. The monoisotopic (exact) mass is 868 g/mol. The molecule has 1 aromatic rings. The molecule has 362 valence electrons. The summed E-state index contributed by atoms with van der Waals surface area (Å²) in [7, 11) is 0. The first-order valence-electron chi connectivity index (χ1n) is 27.2. The molecule has 1 nitrogen and oxygen atoms in total. The third-order valence-corrected chi connectivity index (χ3v) is 15.5. The van der Waals surface area contributed by atoms with Gasteiger partial charge in [0.05, 0.1) is 13.1 Å². The molecule has 0 fully saturated rings. The van der Waals surface area contributed by atoms with Gasteiger partial charge in [0.25, 0.3) is 0 Å². The lowest BCUT2D eigenvalue weighted by atomic mass is 9.16. The Balaban J connectivity index is 0.00000129. The average Bonchev–Trinajstić information content (AvgIpc) is 3.26. The van der Waals surface area contributed by atoms with Crippen molar-refractivity contribution in [1.29, 1.82) is 0 Å². The zero-order valence-electron chi connectivity index (χ0n) is 43.1. The second kappa shape index (κ2) is 37.2. The first kappa shape index (κ1) is 60.0. The average molecular weight is 868 g/mol. The van der Waals surface area contributed by atoms with Crippen molar-refractivity contribution in [3.63, 3.8) is 0 Å². The molecule has 6 unspecified atom stereocenters. The fourth-order valence-corrected chi connectivity index (χ4v) is 10.6. The summed E-state index contributed by atoms with van der Waals surface area (Å²) in [4.78, 5) is 0.573. The van der Waals surface area contributed by atoms with Crippen LogP contribution in [0.1, 0.15) is 249 Å². The molecule has 0 saturated carbocycles. The summed E-state index contributed by atoms with van der Waals surface area (Å²) in [5.74, 6) is -1.17. The van der Waals surface area contributed by atoms with E-state index in [4.69, 9.17) is 0 Å². The van der Waals surface area contributed by atoms with Crippen molar-refractivity contribution in [1.82, 2.24) is 0 Å². The third kappa shape index (κ3) is 24.7. The zero-order chi connectivity index (χ0) is 46.1. The van der Waals surface area contributed by atoms with Crippen LogP contribution in [-0.2, 0) is 0 Å². The van der Waals surface area contributed by atoms with Gasteiger partial charge in [-0.3, -0.25) is 4.90 Å². The number of benzene rings is 1. The molecule has 1 aromatic carbocycles. The summed E-state index contributed by atoms with van der Waals surface area (Å²) >= 11 is 0. The number of halogens is 4. The number of rotatable bonds is 38. The number of unbranched alkanes of at least 4 members (excludes halogenated alkanes) is 7. The fourth-order valence-electron chi connectivity index (χ4n) is 10.6. The van der Waals surface area contributed by atoms with Crippen LogP contribution in [0.3, 0.4) is 0 Å². The van der Waals surface area contributed by atoms with Crippen molar-refractivity contribution in [2.45, 2.75) is 275 Å². The van der Waals surface area contributed by atoms with Crippen molar-refractivity contribution in [2.24, 2.45) is 29.6 Å². The standard InChI is InChI=1S/C36H76B.C19H29F4N/c1-9-17-21-33(13-5)25-29-37(30-26-34(14-6)22-18-10-2,31-27-35(15-7)23-19-11-3)32-28-36(16-8)24-20-12-4;1-5-7-8-9-11-24(12-13(3)10-6-2)19-16(21)14(4)15(20)17(22)18(19)23/h33-36H,9-32H2,1-8H3;13H,5-12H2,1-4H3/q-1;/p+1. The number of hydrogen-bond donors (Lipinski definition) is 1. The Morgan fingerprint density at radius 3 is 1.11 bits per heavy atom. The van der Waals surface area contributed by atoms with Crippen LogP contribution in [-0.4, -0.2) is 19.2 Å². The van der Waals surface area contributed by atoms with Gasteiger partial charge >= 0.3 is 0 Å². The molecule has 61 heavy (non-hydrogen) atoms. The summed E-state index contributed by atoms with van der Waals surface area (Å²) in [5.41, 5.74) is -0.788. The summed E-state index contributed by atoms with van der Waals surface area (Å²) in [5, 5.41) is 0. The van der Waals surface area contributed by atoms with Crippen LogP contribution in [0.2, 0.25) is 25.3 Å². The van der Waals surface area contributed by atoms with Crippen LogP contribution in [0.4, 0.5) is 23.2 Å². The summed E-state index contributed by atoms with van der Waals surface area (Å²) in [6.07, 6.45) is 40.8. The van der Waals surface area contributed by atoms with Gasteiger partial charge in [-0.2, -0.15) is 34.1 Å². The SMILES string of the molecule is CCCCC(CC)CC[B-](CCC(CC)CCCC)(CCC(CC)CCCC)CCC(CC)CCCC.CCCCCC[NH+](CC(C)CCC)c1c(F)c(C)c(F)c(F)c1F. The van der Waals surface area contributed by atoms with Gasteiger partial charge in [0, 0.05) is 17.6 Å². The predicted octanol–water partition coefficient (Wildman–Crippen LogP) is 18.9. The lowest BCUT2D eigenvalue weighted by molar-refractivity contribution is -0.839. The predicted molar refractivity (Wildman–Crippen MR) is 266 cm³/mol. The highest BCUT2D eigenvalue weighted by Crippen LogP contribution is 2.40. The Bertz CT molecular complexity index is 1060. The van der Waals surface area contributed by atoms with Crippen LogP contribution in [0.15, 0.2) is 0 Å². The van der Waals surface area contributed by atoms with Gasteiger partial charge in [-0.1, -0.05) is 224 Å². The molecular formula is C55H106BF4N. The van der Waals surface area contributed by atoms with E-state index in [0.29, 0.717) is 18.0 Å². The molecule has 6 heteroatoms. The van der Waals surface area contributed by atoms with Gasteiger partial charge in [0.2, 0.25) is 17.3 Å². The van der Waals surface area contributed by atoms with E-state index in [1.165, 1.54) is 128 Å². The number of quaternary nitrogens is 1. The molecule has 0 amide bonds. The maximum atomic E-state index is 14.5. The van der Waals surface area contributed by atoms with Crippen molar-refractivity contribution in [3.8, 4) is 0 Å². The van der Waals surface area contributed by atoms with Crippen LogP contribution < -0.4 is 4.90 Å². The molecule has 0 aliphatic carbocycles. The first-order valence-corrected chi connectivity index (χ1v) is 27.2. The topological polar surface area (TPSA) is 4.44 Å². The number of nitrogens with one attached hydrogen (secondary N) is 1. The minimum absolute atomic E-state index is 0.236. The van der Waals surface area contributed by atoms with Crippen molar-refractivity contribution in [3.05, 3.63) is 28.8 Å². The minimum atomic E-state index is -1.57. The van der Waals surface area contributed by atoms with E-state index in [-0.39, 0.29) is 17.8 Å². The molecule has 6 atom stereocenters. The van der Waals surface area contributed by atoms with Gasteiger partial charge < -0.3 is 0 Å². The lowest BCUT2D eigenvalue weighted by Crippen LogP contribution is -3.08. The van der Waals surface area contributed by atoms with E-state index < -0.39 is 28.8 Å². The summed E-state index contributed by atoms with van der Waals surface area (Å²) in [6, 6.07) is 0. The van der Waals surface area contributed by atoms with Crippen molar-refractivity contribution in [2.75, 3.05) is 13.1 Å². The Morgan fingerprint density at radius 1 is 0.410 bits per heavy atom. The van der Waals surface area contributed by atoms with Gasteiger partial charge in [-0.15, -0.1) is 0 Å². The van der Waals surface area contributed by atoms with Gasteiger partial charge in [0.1, 0.15) is 0 Å². The molecule has 0 aliphatic heterocycles. The van der Waals surface area contributed by atoms with E-state index in [1.54, 1.807) is 25.3 Å². The van der Waals surface area contributed by atoms with Gasteiger partial charge in [-0.05, 0) is 49.9 Å². The molecule has 1 rings (SSSR count). The molecule has 0 spiro atoms. The Hall–Kier alpha value is -1.04. The second-order valence-corrected chi connectivity index (χ2v) is 20.5. The summed E-state index contributed by atoms with van der Waals surface area (Å²) in [6.45, 7) is 27.8. The largest absolute Gasteiger partial charge is 0.297 e. The highest BCUT2D eigenvalue weighted by atomic mass is 19.2. The quantitative estimate of drug-likeness (QED) is 0.0222. The zero-order valence-corrected chi connectivity index (χ0v) is 43.1. The highest BCUT2D eigenvalue weighted by Gasteiger charge is 2.32. The second-order valence-electron chi connectivity index (χ2n) is 20.5. The van der Waals surface area contributed by atoms with Crippen LogP contribution in [0, 0.1) is 59.8 Å². The molecule has 0 aliphatic rings. The molecule has 1 N–H and O–H groups in total. The lowest BCUT2D eigenvalue weighted by Gasteiger charge is -2.44. The minimum Gasteiger partial charge on any atom is -0.297 e. The summed E-state index contributed by atoms with van der Waals surface area (Å²) < 4.78 is 56.1. The molecule has 0 heterocycles. The van der Waals surface area contributed by atoms with Crippen molar-refractivity contribution >= 4 is 11.8 Å². The number of hydrogen-bond acceptors (Lipinski definition) is 0. The molecule has 0 radical (unpaired) electrons. The van der Waals surface area contributed by atoms with Gasteiger partial charge in [0.15, 0.2) is 11.6 Å². The van der Waals surface area contributed by atoms with Crippen LogP contribution >= 0.6 is 0 Å². The van der Waals surface area contributed by atoms with E-state index in [2.05, 4.69) is 69.2 Å². The van der Waals surface area contributed by atoms with E-state index >= 15 is 0 Å². The van der Waals surface area contributed by atoms with E-state index in [0.717, 1.165) is 69.1 Å².